The first-order chi connectivity index (χ1) is 12.8. The van der Waals surface area contributed by atoms with Crippen LogP contribution in [0.25, 0.3) is 22.3 Å². The van der Waals surface area contributed by atoms with E-state index in [9.17, 15) is 4.79 Å². The highest BCUT2D eigenvalue weighted by molar-refractivity contribution is 6.09. The van der Waals surface area contributed by atoms with Crippen LogP contribution >= 0.6 is 0 Å². The SMILES string of the molecule is COC1c2ccccc2-c2c1cc1c(c2-c2ccccc2)C(=O)CCC1. The van der Waals surface area contributed by atoms with Gasteiger partial charge in [-0.1, -0.05) is 60.7 Å². The third-order valence-corrected chi connectivity index (χ3v) is 5.66. The van der Waals surface area contributed by atoms with Gasteiger partial charge in [0.05, 0.1) is 0 Å². The van der Waals surface area contributed by atoms with Crippen molar-refractivity contribution in [3.05, 3.63) is 82.9 Å². The Morgan fingerprint density at radius 2 is 1.62 bits per heavy atom. The number of fused-ring (bicyclic) bond motifs is 4. The second-order valence-corrected chi connectivity index (χ2v) is 7.10. The number of Topliss-reactive ketones (excluding diaryl/α,β-unsaturated/α-hetero) is 1. The van der Waals surface area contributed by atoms with Crippen molar-refractivity contribution >= 4 is 5.78 Å². The molecule has 26 heavy (non-hydrogen) atoms. The Kier molecular flexibility index (Phi) is 3.54. The number of carbonyl (C=O) groups excluding carboxylic acids is 1. The molecule has 0 fully saturated rings. The van der Waals surface area contributed by atoms with E-state index in [0.717, 1.165) is 29.5 Å². The van der Waals surface area contributed by atoms with Gasteiger partial charge in [-0.25, -0.2) is 0 Å². The molecule has 2 heteroatoms. The fourth-order valence-corrected chi connectivity index (χ4v) is 4.61. The molecule has 2 aliphatic rings. The van der Waals surface area contributed by atoms with Crippen molar-refractivity contribution in [3.63, 3.8) is 0 Å². The number of rotatable bonds is 2. The standard InChI is InChI=1S/C24H20O2/c1-26-24-18-12-6-5-11-17(18)23-19(24)14-16-10-7-13-20(25)21(16)22(23)15-8-3-2-4-9-15/h2-6,8-9,11-12,14,24H,7,10,13H2,1H3. The van der Waals surface area contributed by atoms with E-state index in [1.54, 1.807) is 7.11 Å². The van der Waals surface area contributed by atoms with Gasteiger partial charge in [0.1, 0.15) is 6.10 Å². The molecule has 128 valence electrons. The van der Waals surface area contributed by atoms with Gasteiger partial charge in [-0.15, -0.1) is 0 Å². The number of aryl methyl sites for hydroxylation is 1. The van der Waals surface area contributed by atoms with E-state index in [-0.39, 0.29) is 11.9 Å². The largest absolute Gasteiger partial charge is 0.372 e. The lowest BCUT2D eigenvalue weighted by Crippen LogP contribution is -2.14. The molecule has 0 radical (unpaired) electrons. The van der Waals surface area contributed by atoms with Gasteiger partial charge in [-0.2, -0.15) is 0 Å². The van der Waals surface area contributed by atoms with Crippen LogP contribution in [-0.2, 0) is 11.2 Å². The highest BCUT2D eigenvalue weighted by Crippen LogP contribution is 2.52. The van der Waals surface area contributed by atoms with Crippen LogP contribution < -0.4 is 0 Å². The van der Waals surface area contributed by atoms with Crippen molar-refractivity contribution in [1.82, 2.24) is 0 Å². The van der Waals surface area contributed by atoms with Gasteiger partial charge in [0, 0.05) is 24.7 Å². The van der Waals surface area contributed by atoms with E-state index in [1.807, 2.05) is 18.2 Å². The van der Waals surface area contributed by atoms with Crippen LogP contribution in [-0.4, -0.2) is 12.9 Å². The Labute approximate surface area is 153 Å². The maximum atomic E-state index is 12.9. The number of carbonyl (C=O) groups is 1. The van der Waals surface area contributed by atoms with E-state index in [4.69, 9.17) is 4.74 Å². The minimum atomic E-state index is -0.0639. The number of hydrogen-bond donors (Lipinski definition) is 0. The summed E-state index contributed by atoms with van der Waals surface area (Å²) < 4.78 is 5.89. The minimum absolute atomic E-state index is 0.0639. The summed E-state index contributed by atoms with van der Waals surface area (Å²) >= 11 is 0. The summed E-state index contributed by atoms with van der Waals surface area (Å²) in [6.45, 7) is 0. The second kappa shape index (κ2) is 5.93. The van der Waals surface area contributed by atoms with Crippen molar-refractivity contribution in [3.8, 4) is 22.3 Å². The van der Waals surface area contributed by atoms with Gasteiger partial charge in [-0.3, -0.25) is 4.79 Å². The first-order valence-electron chi connectivity index (χ1n) is 9.20. The van der Waals surface area contributed by atoms with Crippen LogP contribution in [0.5, 0.6) is 0 Å². The number of ether oxygens (including phenoxy) is 1. The van der Waals surface area contributed by atoms with Gasteiger partial charge < -0.3 is 4.74 Å². The van der Waals surface area contributed by atoms with Gasteiger partial charge >= 0.3 is 0 Å². The lowest BCUT2D eigenvalue weighted by Gasteiger charge is -2.23. The Morgan fingerprint density at radius 1 is 0.846 bits per heavy atom. The highest BCUT2D eigenvalue weighted by Gasteiger charge is 2.35. The molecule has 0 saturated heterocycles. The zero-order valence-electron chi connectivity index (χ0n) is 14.8. The van der Waals surface area contributed by atoms with Crippen LogP contribution in [0.3, 0.4) is 0 Å². The Morgan fingerprint density at radius 3 is 2.42 bits per heavy atom. The zero-order valence-corrected chi connectivity index (χ0v) is 14.8. The summed E-state index contributed by atoms with van der Waals surface area (Å²) in [7, 11) is 1.77. The molecule has 3 aromatic rings. The van der Waals surface area contributed by atoms with E-state index in [1.165, 1.54) is 27.8 Å². The molecule has 0 saturated carbocycles. The van der Waals surface area contributed by atoms with Crippen molar-refractivity contribution in [2.24, 2.45) is 0 Å². The van der Waals surface area contributed by atoms with Crippen molar-refractivity contribution in [1.29, 1.82) is 0 Å². The van der Waals surface area contributed by atoms with Crippen LogP contribution in [0.4, 0.5) is 0 Å². The molecule has 5 rings (SSSR count). The van der Waals surface area contributed by atoms with Gasteiger partial charge in [0.25, 0.3) is 0 Å². The van der Waals surface area contributed by atoms with Crippen molar-refractivity contribution in [2.45, 2.75) is 25.4 Å². The molecule has 0 aliphatic heterocycles. The fraction of sp³-hybridized carbons (Fsp3) is 0.208. The fourth-order valence-electron chi connectivity index (χ4n) is 4.61. The van der Waals surface area contributed by atoms with E-state index < -0.39 is 0 Å². The van der Waals surface area contributed by atoms with Gasteiger partial charge in [-0.05, 0) is 46.2 Å². The van der Waals surface area contributed by atoms with Gasteiger partial charge in [0.2, 0.25) is 0 Å². The smallest absolute Gasteiger partial charge is 0.163 e. The first-order valence-corrected chi connectivity index (χ1v) is 9.20. The maximum Gasteiger partial charge on any atom is 0.163 e. The summed E-state index contributed by atoms with van der Waals surface area (Å²) in [5.74, 6) is 0.270. The molecular weight excluding hydrogens is 320 g/mol. The predicted molar refractivity (Wildman–Crippen MR) is 103 cm³/mol. The van der Waals surface area contributed by atoms with E-state index in [2.05, 4.69) is 42.5 Å². The summed E-state index contributed by atoms with van der Waals surface area (Å²) in [6, 6.07) is 21.0. The number of ketones is 1. The maximum absolute atomic E-state index is 12.9. The number of benzene rings is 3. The average molecular weight is 340 g/mol. The third kappa shape index (κ3) is 2.12. The molecule has 0 spiro atoms. The molecule has 0 heterocycles. The van der Waals surface area contributed by atoms with E-state index in [0.29, 0.717) is 6.42 Å². The Bertz CT molecular complexity index is 1020. The predicted octanol–water partition coefficient (Wildman–Crippen LogP) is 5.59. The minimum Gasteiger partial charge on any atom is -0.372 e. The summed E-state index contributed by atoms with van der Waals surface area (Å²) in [5, 5.41) is 0. The van der Waals surface area contributed by atoms with Crippen LogP contribution in [0.1, 0.15) is 46.0 Å². The molecule has 2 aliphatic carbocycles. The molecule has 0 N–H and O–H groups in total. The molecule has 0 bridgehead atoms. The molecule has 0 aromatic heterocycles. The third-order valence-electron chi connectivity index (χ3n) is 5.66. The topological polar surface area (TPSA) is 26.3 Å². The summed E-state index contributed by atoms with van der Waals surface area (Å²) in [5.41, 5.74) is 9.05. The second-order valence-electron chi connectivity index (χ2n) is 7.10. The number of methoxy groups -OCH3 is 1. The molecule has 1 atom stereocenters. The number of hydrogen-bond acceptors (Lipinski definition) is 2. The van der Waals surface area contributed by atoms with Gasteiger partial charge in [0.15, 0.2) is 5.78 Å². The van der Waals surface area contributed by atoms with Crippen molar-refractivity contribution in [2.75, 3.05) is 7.11 Å². The lowest BCUT2D eigenvalue weighted by atomic mass is 9.80. The van der Waals surface area contributed by atoms with Crippen LogP contribution in [0, 0.1) is 0 Å². The molecule has 0 amide bonds. The molecule has 3 aromatic carbocycles. The van der Waals surface area contributed by atoms with Crippen LogP contribution in [0.15, 0.2) is 60.7 Å². The zero-order chi connectivity index (χ0) is 17.7. The Balaban J connectivity index is 1.92. The highest BCUT2D eigenvalue weighted by atomic mass is 16.5. The van der Waals surface area contributed by atoms with E-state index >= 15 is 0 Å². The lowest BCUT2D eigenvalue weighted by molar-refractivity contribution is 0.0973. The van der Waals surface area contributed by atoms with Crippen molar-refractivity contribution < 1.29 is 9.53 Å². The molecular formula is C24H20O2. The first kappa shape index (κ1) is 15.5. The van der Waals surface area contributed by atoms with Crippen LogP contribution in [0.2, 0.25) is 0 Å². The molecule has 1 unspecified atom stereocenters. The average Bonchev–Trinajstić information content (AvgIpc) is 3.00. The monoisotopic (exact) mass is 340 g/mol. The normalized spacial score (nSPS) is 17.6. The quantitative estimate of drug-likeness (QED) is 0.608. The summed E-state index contributed by atoms with van der Waals surface area (Å²) in [4.78, 5) is 12.9. The summed E-state index contributed by atoms with van der Waals surface area (Å²) in [6.07, 6.45) is 2.47. The molecule has 2 nitrogen and oxygen atoms in total. The Hall–Kier alpha value is -2.71.